The van der Waals surface area contributed by atoms with Crippen LogP contribution in [-0.4, -0.2) is 42.7 Å². The summed E-state index contributed by atoms with van der Waals surface area (Å²) in [5.74, 6) is 0.821. The first-order chi connectivity index (χ1) is 7.16. The SMILES string of the molecule is CC1CCN(C(=O)C2CC(F)CN2)CC1. The van der Waals surface area contributed by atoms with Crippen molar-refractivity contribution in [2.45, 2.75) is 38.4 Å². The summed E-state index contributed by atoms with van der Waals surface area (Å²) < 4.78 is 12.9. The Labute approximate surface area is 90.0 Å². The van der Waals surface area contributed by atoms with Crippen molar-refractivity contribution in [1.82, 2.24) is 10.2 Å². The van der Waals surface area contributed by atoms with E-state index in [4.69, 9.17) is 0 Å². The topological polar surface area (TPSA) is 32.3 Å². The average Bonchev–Trinajstić information content (AvgIpc) is 2.65. The van der Waals surface area contributed by atoms with Crippen molar-refractivity contribution in [3.63, 3.8) is 0 Å². The summed E-state index contributed by atoms with van der Waals surface area (Å²) >= 11 is 0. The molecule has 15 heavy (non-hydrogen) atoms. The lowest BCUT2D eigenvalue weighted by Crippen LogP contribution is -2.46. The average molecular weight is 214 g/mol. The maximum atomic E-state index is 12.9. The lowest BCUT2D eigenvalue weighted by molar-refractivity contribution is -0.134. The van der Waals surface area contributed by atoms with Crippen molar-refractivity contribution in [3.8, 4) is 0 Å². The van der Waals surface area contributed by atoms with Gasteiger partial charge in [-0.05, 0) is 18.8 Å². The van der Waals surface area contributed by atoms with E-state index in [9.17, 15) is 9.18 Å². The molecule has 2 atom stereocenters. The molecule has 3 nitrogen and oxygen atoms in total. The Morgan fingerprint density at radius 3 is 2.60 bits per heavy atom. The quantitative estimate of drug-likeness (QED) is 0.704. The fraction of sp³-hybridized carbons (Fsp3) is 0.909. The van der Waals surface area contributed by atoms with Crippen LogP contribution < -0.4 is 5.32 Å². The highest BCUT2D eigenvalue weighted by Crippen LogP contribution is 2.19. The van der Waals surface area contributed by atoms with E-state index < -0.39 is 6.17 Å². The lowest BCUT2D eigenvalue weighted by Gasteiger charge is -2.32. The Balaban J connectivity index is 1.85. The first-order valence-electron chi connectivity index (χ1n) is 5.83. The highest BCUT2D eigenvalue weighted by molar-refractivity contribution is 5.82. The van der Waals surface area contributed by atoms with E-state index in [1.807, 2.05) is 4.90 Å². The number of amides is 1. The van der Waals surface area contributed by atoms with Gasteiger partial charge in [-0.1, -0.05) is 6.92 Å². The summed E-state index contributed by atoms with van der Waals surface area (Å²) in [6.45, 7) is 4.23. The largest absolute Gasteiger partial charge is 0.341 e. The van der Waals surface area contributed by atoms with Crippen LogP contribution >= 0.6 is 0 Å². The van der Waals surface area contributed by atoms with E-state index in [-0.39, 0.29) is 11.9 Å². The number of hydrogen-bond acceptors (Lipinski definition) is 2. The van der Waals surface area contributed by atoms with Crippen molar-refractivity contribution in [3.05, 3.63) is 0 Å². The molecule has 2 aliphatic rings. The molecular formula is C11H19FN2O. The minimum atomic E-state index is -0.845. The van der Waals surface area contributed by atoms with Gasteiger partial charge in [-0.25, -0.2) is 4.39 Å². The van der Waals surface area contributed by atoms with Gasteiger partial charge in [0.05, 0.1) is 6.04 Å². The zero-order valence-electron chi connectivity index (χ0n) is 9.21. The third-order valence-corrected chi connectivity index (χ3v) is 3.47. The Kier molecular flexibility index (Phi) is 3.24. The van der Waals surface area contributed by atoms with Crippen LogP contribution in [0.3, 0.4) is 0 Å². The van der Waals surface area contributed by atoms with Gasteiger partial charge in [-0.3, -0.25) is 4.79 Å². The predicted molar refractivity (Wildman–Crippen MR) is 56.3 cm³/mol. The molecule has 2 fully saturated rings. The van der Waals surface area contributed by atoms with Crippen LogP contribution in [0.1, 0.15) is 26.2 Å². The van der Waals surface area contributed by atoms with Crippen LogP contribution in [0, 0.1) is 5.92 Å². The molecule has 0 aromatic carbocycles. The molecule has 0 aliphatic carbocycles. The molecule has 1 N–H and O–H groups in total. The van der Waals surface area contributed by atoms with Crippen LogP contribution in [0.2, 0.25) is 0 Å². The summed E-state index contributed by atoms with van der Waals surface area (Å²) in [5.41, 5.74) is 0. The molecule has 0 aromatic rings. The van der Waals surface area contributed by atoms with E-state index in [0.717, 1.165) is 31.8 Å². The Bertz CT molecular complexity index is 239. The van der Waals surface area contributed by atoms with Crippen LogP contribution in [0.5, 0.6) is 0 Å². The molecule has 1 amide bonds. The summed E-state index contributed by atoms with van der Waals surface area (Å²) in [4.78, 5) is 13.8. The number of rotatable bonds is 1. The van der Waals surface area contributed by atoms with Crippen LogP contribution in [-0.2, 0) is 4.79 Å². The molecule has 4 heteroatoms. The van der Waals surface area contributed by atoms with Crippen LogP contribution in [0.4, 0.5) is 4.39 Å². The zero-order valence-corrected chi connectivity index (χ0v) is 9.21. The molecule has 0 radical (unpaired) electrons. The van der Waals surface area contributed by atoms with Gasteiger partial charge < -0.3 is 10.2 Å². The van der Waals surface area contributed by atoms with Gasteiger partial charge in [-0.2, -0.15) is 0 Å². The molecule has 2 rings (SSSR count). The Hall–Kier alpha value is -0.640. The van der Waals surface area contributed by atoms with Crippen LogP contribution in [0.15, 0.2) is 0 Å². The van der Waals surface area contributed by atoms with Crippen molar-refractivity contribution < 1.29 is 9.18 Å². The number of carbonyl (C=O) groups excluding carboxylic acids is 1. The number of piperidine rings is 1. The zero-order chi connectivity index (χ0) is 10.8. The standard InChI is InChI=1S/C11H19FN2O/c1-8-2-4-14(5-3-8)11(15)10-6-9(12)7-13-10/h8-10,13H,2-7H2,1H3. The second-order valence-corrected chi connectivity index (χ2v) is 4.80. The molecule has 2 aliphatic heterocycles. The van der Waals surface area contributed by atoms with E-state index >= 15 is 0 Å². The maximum Gasteiger partial charge on any atom is 0.239 e. The van der Waals surface area contributed by atoms with Crippen molar-refractivity contribution in [2.24, 2.45) is 5.92 Å². The Morgan fingerprint density at radius 1 is 1.40 bits per heavy atom. The van der Waals surface area contributed by atoms with Crippen molar-refractivity contribution in [1.29, 1.82) is 0 Å². The van der Waals surface area contributed by atoms with E-state index in [1.165, 1.54) is 0 Å². The van der Waals surface area contributed by atoms with Gasteiger partial charge in [0.1, 0.15) is 6.17 Å². The van der Waals surface area contributed by atoms with Gasteiger partial charge in [0.25, 0.3) is 0 Å². The maximum absolute atomic E-state index is 12.9. The van der Waals surface area contributed by atoms with Gasteiger partial charge in [0, 0.05) is 26.1 Å². The fourth-order valence-corrected chi connectivity index (χ4v) is 2.33. The van der Waals surface area contributed by atoms with Gasteiger partial charge in [0.15, 0.2) is 0 Å². The second-order valence-electron chi connectivity index (χ2n) is 4.80. The van der Waals surface area contributed by atoms with Crippen molar-refractivity contribution in [2.75, 3.05) is 19.6 Å². The number of nitrogens with one attached hydrogen (secondary N) is 1. The molecular weight excluding hydrogens is 195 g/mol. The molecule has 0 spiro atoms. The summed E-state index contributed by atoms with van der Waals surface area (Å²) in [7, 11) is 0. The molecule has 0 bridgehead atoms. The first kappa shape index (κ1) is 10.9. The summed E-state index contributed by atoms with van der Waals surface area (Å²) in [6.07, 6.45) is 1.67. The lowest BCUT2D eigenvalue weighted by atomic mass is 9.98. The van der Waals surface area contributed by atoms with Gasteiger partial charge >= 0.3 is 0 Å². The summed E-state index contributed by atoms with van der Waals surface area (Å²) in [5, 5.41) is 2.95. The Morgan fingerprint density at radius 2 is 2.07 bits per heavy atom. The third kappa shape index (κ3) is 2.48. The predicted octanol–water partition coefficient (Wildman–Crippen LogP) is 0.945. The number of likely N-dealkylation sites (tertiary alicyclic amines) is 1. The number of hydrogen-bond donors (Lipinski definition) is 1. The molecule has 0 saturated carbocycles. The summed E-state index contributed by atoms with van der Waals surface area (Å²) in [6, 6.07) is -0.270. The van der Waals surface area contributed by atoms with Crippen LogP contribution in [0.25, 0.3) is 0 Å². The molecule has 86 valence electrons. The van der Waals surface area contributed by atoms with Crippen molar-refractivity contribution >= 4 is 5.91 Å². The number of nitrogens with zero attached hydrogens (tertiary/aromatic N) is 1. The number of carbonyl (C=O) groups is 1. The number of alkyl halides is 1. The first-order valence-corrected chi connectivity index (χ1v) is 5.83. The highest BCUT2D eigenvalue weighted by atomic mass is 19.1. The van der Waals surface area contributed by atoms with Gasteiger partial charge in [0.2, 0.25) is 5.91 Å². The smallest absolute Gasteiger partial charge is 0.239 e. The number of halogens is 1. The monoisotopic (exact) mass is 214 g/mol. The fourth-order valence-electron chi connectivity index (χ4n) is 2.33. The third-order valence-electron chi connectivity index (χ3n) is 3.47. The molecule has 2 heterocycles. The second kappa shape index (κ2) is 4.47. The van der Waals surface area contributed by atoms with Gasteiger partial charge in [-0.15, -0.1) is 0 Å². The minimum absolute atomic E-state index is 0.0991. The van der Waals surface area contributed by atoms with E-state index in [0.29, 0.717) is 13.0 Å². The molecule has 0 aromatic heterocycles. The minimum Gasteiger partial charge on any atom is -0.341 e. The highest BCUT2D eigenvalue weighted by Gasteiger charge is 2.33. The van der Waals surface area contributed by atoms with E-state index in [2.05, 4.69) is 12.2 Å². The normalized spacial score (nSPS) is 33.3. The molecule has 2 unspecified atom stereocenters. The van der Waals surface area contributed by atoms with E-state index in [1.54, 1.807) is 0 Å². The molecule has 2 saturated heterocycles.